The van der Waals surface area contributed by atoms with E-state index in [1.54, 1.807) is 0 Å². The van der Waals surface area contributed by atoms with Crippen molar-refractivity contribution in [1.82, 2.24) is 0 Å². The Labute approximate surface area is 134 Å². The van der Waals surface area contributed by atoms with Gasteiger partial charge in [-0.1, -0.05) is 0 Å². The zero-order chi connectivity index (χ0) is 16.7. The Morgan fingerprint density at radius 3 is 2.05 bits per heavy atom. The molecule has 0 atom stereocenters. The second kappa shape index (κ2) is 13.9. The van der Waals surface area contributed by atoms with Gasteiger partial charge < -0.3 is 28.6 Å². The van der Waals surface area contributed by atoms with Crippen LogP contribution in [0.1, 0.15) is 33.1 Å². The van der Waals surface area contributed by atoms with Gasteiger partial charge in [0, 0.05) is 38.4 Å². The van der Waals surface area contributed by atoms with E-state index in [2.05, 4.69) is 14.0 Å². The predicted molar refractivity (Wildman–Crippen MR) is 83.4 cm³/mol. The van der Waals surface area contributed by atoms with E-state index in [4.69, 9.17) is 14.2 Å². The zero-order valence-electron chi connectivity index (χ0n) is 14.5. The molecule has 1 aliphatic heterocycles. The summed E-state index contributed by atoms with van der Waals surface area (Å²) in [6.07, 6.45) is 2.76. The highest BCUT2D eigenvalue weighted by Crippen LogP contribution is 2.15. The fourth-order valence-electron chi connectivity index (χ4n) is 2.27. The molecule has 0 aliphatic carbocycles. The molecule has 22 heavy (non-hydrogen) atoms. The van der Waals surface area contributed by atoms with Gasteiger partial charge in [0.2, 0.25) is 0 Å². The number of ether oxygens (including phenoxy) is 3. The van der Waals surface area contributed by atoms with Crippen LogP contribution in [0.3, 0.4) is 0 Å². The van der Waals surface area contributed by atoms with Crippen molar-refractivity contribution < 1.29 is 28.6 Å². The number of likely N-dealkylation sites (N-methyl/N-ethyl adjacent to an activating group) is 1. The number of hydrogen-bond acceptors (Lipinski definition) is 5. The minimum absolute atomic E-state index is 0.0495. The van der Waals surface area contributed by atoms with Crippen LogP contribution in [-0.2, 0) is 19.0 Å². The Balaban J connectivity index is 0.000000401. The number of carboxylic acids is 1. The molecular weight excluding hydrogens is 286 g/mol. The van der Waals surface area contributed by atoms with Gasteiger partial charge >= 0.3 is 0 Å². The molecule has 1 rings (SSSR count). The molecule has 0 aromatic carbocycles. The van der Waals surface area contributed by atoms with Gasteiger partial charge in [0.25, 0.3) is 0 Å². The van der Waals surface area contributed by atoms with Crippen LogP contribution >= 0.6 is 0 Å². The van der Waals surface area contributed by atoms with Crippen LogP contribution in [0, 0.1) is 0 Å². The van der Waals surface area contributed by atoms with Gasteiger partial charge in [-0.25, -0.2) is 0 Å². The Hall–Kier alpha value is -0.690. The second-order valence-corrected chi connectivity index (χ2v) is 5.63. The maximum absolute atomic E-state index is 9.87. The summed E-state index contributed by atoms with van der Waals surface area (Å²) in [4.78, 5) is 9.87. The molecular formula is C16H33NO5. The molecule has 0 spiro atoms. The quantitative estimate of drug-likeness (QED) is 0.408. The number of hydrogen-bond donors (Lipinski definition) is 0. The fourth-order valence-corrected chi connectivity index (χ4v) is 2.27. The van der Waals surface area contributed by atoms with Crippen LogP contribution in [0.15, 0.2) is 0 Å². The minimum atomic E-state index is -1.08. The number of carbonyl (C=O) groups excluding carboxylic acids is 1. The minimum Gasteiger partial charge on any atom is -0.550 e. The van der Waals surface area contributed by atoms with Crippen molar-refractivity contribution in [3.63, 3.8) is 0 Å². The molecule has 0 radical (unpaired) electrons. The molecule has 0 amide bonds. The highest BCUT2D eigenvalue weighted by atomic mass is 16.5. The third-order valence-electron chi connectivity index (χ3n) is 3.65. The number of carboxylic acid groups (broad SMARTS) is 1. The summed E-state index contributed by atoms with van der Waals surface area (Å²) in [7, 11) is 2.34. The van der Waals surface area contributed by atoms with Gasteiger partial charge in [-0.15, -0.1) is 0 Å². The van der Waals surface area contributed by atoms with E-state index in [-0.39, 0.29) is 13.0 Å². The largest absolute Gasteiger partial charge is 0.550 e. The van der Waals surface area contributed by atoms with Crippen molar-refractivity contribution in [2.24, 2.45) is 0 Å². The third-order valence-corrected chi connectivity index (χ3v) is 3.65. The highest BCUT2D eigenvalue weighted by molar-refractivity contribution is 5.64. The third kappa shape index (κ3) is 13.0. The van der Waals surface area contributed by atoms with E-state index in [0.717, 1.165) is 13.2 Å². The topological polar surface area (TPSA) is 67.8 Å². The Morgan fingerprint density at radius 2 is 1.50 bits per heavy atom. The van der Waals surface area contributed by atoms with Crippen molar-refractivity contribution in [2.45, 2.75) is 33.1 Å². The molecule has 0 aromatic rings. The summed E-state index contributed by atoms with van der Waals surface area (Å²) < 4.78 is 16.4. The van der Waals surface area contributed by atoms with Gasteiger partial charge in [-0.2, -0.15) is 0 Å². The maximum atomic E-state index is 9.87. The molecule has 1 aliphatic rings. The number of quaternary nitrogens is 1. The molecule has 0 saturated carbocycles. The molecule has 0 bridgehead atoms. The van der Waals surface area contributed by atoms with Crippen LogP contribution in [0.4, 0.5) is 0 Å². The van der Waals surface area contributed by atoms with Gasteiger partial charge in [0.15, 0.2) is 0 Å². The zero-order valence-corrected chi connectivity index (χ0v) is 14.5. The highest BCUT2D eigenvalue weighted by Gasteiger charge is 2.25. The first-order valence-electron chi connectivity index (χ1n) is 8.30. The van der Waals surface area contributed by atoms with E-state index in [1.807, 2.05) is 6.92 Å². The molecule has 0 unspecified atom stereocenters. The number of carbonyl (C=O) groups is 1. The molecule has 1 heterocycles. The Bertz CT molecular complexity index is 267. The summed E-state index contributed by atoms with van der Waals surface area (Å²) >= 11 is 0. The molecule has 1 saturated heterocycles. The van der Waals surface area contributed by atoms with Crippen molar-refractivity contribution >= 4 is 5.97 Å². The standard InChI is InChI=1S/C9H20NO.C7H14O4/c1-3-11-9-8-10(2)6-4-5-7-10;1-2-10-5-6-11-4-3-7(8)9/h3-9H2,1-2H3;2-6H2,1H3,(H,8,9)/q+1;/p-1. The number of rotatable bonds is 11. The first-order valence-corrected chi connectivity index (χ1v) is 8.30. The number of nitrogens with zero attached hydrogens (tertiary/aromatic N) is 1. The summed E-state index contributed by atoms with van der Waals surface area (Å²) in [5, 5.41) is 9.87. The molecule has 6 nitrogen and oxygen atoms in total. The smallest absolute Gasteiger partial charge is 0.102 e. The molecule has 1 fully saturated rings. The first kappa shape index (κ1) is 21.3. The normalized spacial score (nSPS) is 16.1. The molecule has 132 valence electrons. The molecule has 0 aromatic heterocycles. The van der Waals surface area contributed by atoms with Crippen LogP contribution < -0.4 is 5.11 Å². The summed E-state index contributed by atoms with van der Waals surface area (Å²) in [6.45, 7) is 11.5. The number of likely N-dealkylation sites (tertiary alicyclic amines) is 1. The van der Waals surface area contributed by atoms with Crippen LogP contribution in [0.5, 0.6) is 0 Å². The Kier molecular flexibility index (Phi) is 13.5. The van der Waals surface area contributed by atoms with Gasteiger partial charge in [0.1, 0.15) is 6.54 Å². The van der Waals surface area contributed by atoms with Crippen molar-refractivity contribution in [2.75, 3.05) is 66.3 Å². The maximum Gasteiger partial charge on any atom is 0.102 e. The summed E-state index contributed by atoms with van der Waals surface area (Å²) in [5.74, 6) is -1.08. The van der Waals surface area contributed by atoms with Crippen molar-refractivity contribution in [3.05, 3.63) is 0 Å². The monoisotopic (exact) mass is 319 g/mol. The van der Waals surface area contributed by atoms with Crippen LogP contribution in [-0.4, -0.2) is 76.8 Å². The average Bonchev–Trinajstić information content (AvgIpc) is 2.90. The van der Waals surface area contributed by atoms with Crippen molar-refractivity contribution in [1.29, 1.82) is 0 Å². The SMILES string of the molecule is CCOCCOCCC(=O)[O-].CCOCC[N+]1(C)CCCC1. The fraction of sp³-hybridized carbons (Fsp3) is 0.938. The summed E-state index contributed by atoms with van der Waals surface area (Å²) in [6, 6.07) is 0. The Morgan fingerprint density at radius 1 is 0.955 bits per heavy atom. The van der Waals surface area contributed by atoms with Crippen LogP contribution in [0.25, 0.3) is 0 Å². The molecule has 6 heteroatoms. The average molecular weight is 319 g/mol. The van der Waals surface area contributed by atoms with Gasteiger partial charge in [0.05, 0.1) is 46.6 Å². The van der Waals surface area contributed by atoms with E-state index >= 15 is 0 Å². The van der Waals surface area contributed by atoms with Gasteiger partial charge in [-0.05, 0) is 13.8 Å². The predicted octanol–water partition coefficient (Wildman–Crippen LogP) is 0.443. The lowest BCUT2D eigenvalue weighted by molar-refractivity contribution is -0.898. The summed E-state index contributed by atoms with van der Waals surface area (Å²) in [5.41, 5.74) is 0. The first-order chi connectivity index (χ1) is 10.5. The van der Waals surface area contributed by atoms with E-state index in [0.29, 0.717) is 19.8 Å². The lowest BCUT2D eigenvalue weighted by Crippen LogP contribution is -2.43. The van der Waals surface area contributed by atoms with Crippen LogP contribution in [0.2, 0.25) is 0 Å². The molecule has 0 N–H and O–H groups in total. The lowest BCUT2D eigenvalue weighted by Gasteiger charge is -2.28. The van der Waals surface area contributed by atoms with Crippen molar-refractivity contribution in [3.8, 4) is 0 Å². The van der Waals surface area contributed by atoms with E-state index < -0.39 is 5.97 Å². The number of aliphatic carboxylic acids is 1. The van der Waals surface area contributed by atoms with Gasteiger partial charge in [-0.3, -0.25) is 0 Å². The lowest BCUT2D eigenvalue weighted by atomic mass is 10.4. The van der Waals surface area contributed by atoms with E-state index in [9.17, 15) is 9.90 Å². The van der Waals surface area contributed by atoms with E-state index in [1.165, 1.54) is 37.0 Å². The second-order valence-electron chi connectivity index (χ2n) is 5.63.